The molecule has 4 nitrogen and oxygen atoms in total. The van der Waals surface area contributed by atoms with Crippen LogP contribution in [-0.2, 0) is 4.79 Å². The summed E-state index contributed by atoms with van der Waals surface area (Å²) in [5.41, 5.74) is 5.87. The SMILES string of the molecule is NC(CCC(=O)O)c1cc(F)cc(Br)c1O. The molecule has 0 saturated heterocycles. The minimum Gasteiger partial charge on any atom is -0.506 e. The van der Waals surface area contributed by atoms with Gasteiger partial charge in [0.25, 0.3) is 0 Å². The smallest absolute Gasteiger partial charge is 0.303 e. The first-order chi connectivity index (χ1) is 7.41. The number of rotatable bonds is 4. The molecule has 0 aliphatic carbocycles. The number of hydrogen-bond acceptors (Lipinski definition) is 3. The van der Waals surface area contributed by atoms with Gasteiger partial charge in [-0.15, -0.1) is 0 Å². The van der Waals surface area contributed by atoms with Crippen LogP contribution in [0, 0.1) is 5.82 Å². The van der Waals surface area contributed by atoms with Crippen LogP contribution in [0.3, 0.4) is 0 Å². The maximum atomic E-state index is 13.1. The van der Waals surface area contributed by atoms with Gasteiger partial charge in [-0.25, -0.2) is 4.39 Å². The summed E-state index contributed by atoms with van der Waals surface area (Å²) < 4.78 is 13.3. The molecule has 0 saturated carbocycles. The highest BCUT2D eigenvalue weighted by molar-refractivity contribution is 9.10. The number of nitrogens with two attached hydrogens (primary N) is 1. The molecule has 0 bridgehead atoms. The van der Waals surface area contributed by atoms with E-state index in [1.54, 1.807) is 0 Å². The van der Waals surface area contributed by atoms with Gasteiger partial charge < -0.3 is 15.9 Å². The molecule has 0 amide bonds. The van der Waals surface area contributed by atoms with Crippen LogP contribution in [0.25, 0.3) is 0 Å². The van der Waals surface area contributed by atoms with Crippen molar-refractivity contribution in [3.8, 4) is 5.75 Å². The quantitative estimate of drug-likeness (QED) is 0.794. The lowest BCUT2D eigenvalue weighted by atomic mass is 10.0. The maximum absolute atomic E-state index is 13.1. The van der Waals surface area contributed by atoms with Crippen molar-refractivity contribution in [2.75, 3.05) is 0 Å². The number of aromatic hydroxyl groups is 1. The number of phenols is 1. The fourth-order valence-electron chi connectivity index (χ4n) is 1.30. The van der Waals surface area contributed by atoms with E-state index in [0.717, 1.165) is 12.1 Å². The zero-order valence-corrected chi connectivity index (χ0v) is 9.87. The highest BCUT2D eigenvalue weighted by atomic mass is 79.9. The number of hydrogen-bond donors (Lipinski definition) is 3. The molecule has 0 fully saturated rings. The van der Waals surface area contributed by atoms with Crippen molar-refractivity contribution in [1.82, 2.24) is 0 Å². The lowest BCUT2D eigenvalue weighted by molar-refractivity contribution is -0.137. The van der Waals surface area contributed by atoms with E-state index in [1.807, 2.05) is 0 Å². The fourth-order valence-corrected chi connectivity index (χ4v) is 1.75. The molecule has 1 unspecified atom stereocenters. The van der Waals surface area contributed by atoms with Crippen LogP contribution >= 0.6 is 15.9 Å². The van der Waals surface area contributed by atoms with Crippen LogP contribution in [0.2, 0.25) is 0 Å². The van der Waals surface area contributed by atoms with E-state index >= 15 is 0 Å². The molecule has 1 aromatic rings. The number of halogens is 2. The lowest BCUT2D eigenvalue weighted by Crippen LogP contribution is -2.13. The molecule has 0 aliphatic heterocycles. The van der Waals surface area contributed by atoms with E-state index in [2.05, 4.69) is 15.9 Å². The van der Waals surface area contributed by atoms with Gasteiger partial charge in [0, 0.05) is 18.0 Å². The summed E-state index contributed by atoms with van der Waals surface area (Å²) in [6.45, 7) is 0. The molecule has 16 heavy (non-hydrogen) atoms. The summed E-state index contributed by atoms with van der Waals surface area (Å²) in [4.78, 5) is 10.4. The molecule has 0 spiro atoms. The average molecular weight is 292 g/mol. The first-order valence-electron chi connectivity index (χ1n) is 4.57. The van der Waals surface area contributed by atoms with Gasteiger partial charge in [0.05, 0.1) is 4.47 Å². The van der Waals surface area contributed by atoms with Crippen molar-refractivity contribution in [1.29, 1.82) is 0 Å². The first kappa shape index (κ1) is 12.9. The second-order valence-corrected chi connectivity index (χ2v) is 4.22. The van der Waals surface area contributed by atoms with Gasteiger partial charge in [0.15, 0.2) is 0 Å². The largest absolute Gasteiger partial charge is 0.506 e. The third-order valence-electron chi connectivity index (χ3n) is 2.13. The van der Waals surface area contributed by atoms with E-state index in [0.29, 0.717) is 0 Å². The van der Waals surface area contributed by atoms with Crippen LogP contribution in [0.5, 0.6) is 5.75 Å². The highest BCUT2D eigenvalue weighted by Gasteiger charge is 2.16. The normalized spacial score (nSPS) is 12.4. The standard InChI is InChI=1S/C10H11BrFNO3/c11-7-4-5(12)3-6(10(7)16)8(13)1-2-9(14)15/h3-4,8,16H,1-2,13H2,(H,14,15). The zero-order valence-electron chi connectivity index (χ0n) is 8.28. The van der Waals surface area contributed by atoms with Gasteiger partial charge in [-0.05, 0) is 34.5 Å². The van der Waals surface area contributed by atoms with Crippen LogP contribution in [-0.4, -0.2) is 16.2 Å². The average Bonchev–Trinajstić information content (AvgIpc) is 2.19. The number of carboxylic acids is 1. The second-order valence-electron chi connectivity index (χ2n) is 3.36. The number of benzene rings is 1. The summed E-state index contributed by atoms with van der Waals surface area (Å²) in [6.07, 6.45) is 0.00747. The lowest BCUT2D eigenvalue weighted by Gasteiger charge is -2.13. The van der Waals surface area contributed by atoms with Gasteiger partial charge in [-0.2, -0.15) is 0 Å². The minimum atomic E-state index is -0.981. The van der Waals surface area contributed by atoms with Crippen LogP contribution in [0.1, 0.15) is 24.4 Å². The molecule has 0 radical (unpaired) electrons. The van der Waals surface area contributed by atoms with Gasteiger partial charge in [-0.3, -0.25) is 4.79 Å². The van der Waals surface area contributed by atoms with Gasteiger partial charge in [-0.1, -0.05) is 0 Å². The highest BCUT2D eigenvalue weighted by Crippen LogP contribution is 2.33. The van der Waals surface area contributed by atoms with Crippen molar-refractivity contribution in [2.24, 2.45) is 5.73 Å². The van der Waals surface area contributed by atoms with Crippen molar-refractivity contribution in [2.45, 2.75) is 18.9 Å². The van der Waals surface area contributed by atoms with Crippen molar-refractivity contribution in [3.63, 3.8) is 0 Å². The summed E-state index contributed by atoms with van der Waals surface area (Å²) in [6, 6.07) is 1.51. The Morgan fingerprint density at radius 1 is 1.56 bits per heavy atom. The predicted octanol–water partition coefficient (Wildman–Crippen LogP) is 2.16. The van der Waals surface area contributed by atoms with Crippen LogP contribution in [0.4, 0.5) is 4.39 Å². The zero-order chi connectivity index (χ0) is 12.3. The molecule has 0 heterocycles. The Hall–Kier alpha value is -1.14. The Labute approximate surface area is 100 Å². The molecule has 0 aromatic heterocycles. The van der Waals surface area contributed by atoms with E-state index in [4.69, 9.17) is 10.8 Å². The Bertz CT molecular complexity index is 411. The predicted molar refractivity (Wildman–Crippen MR) is 59.6 cm³/mol. The minimum absolute atomic E-state index is 0.130. The third kappa shape index (κ3) is 3.18. The van der Waals surface area contributed by atoms with Crippen LogP contribution in [0.15, 0.2) is 16.6 Å². The summed E-state index contributed by atoms with van der Waals surface area (Å²) in [5, 5.41) is 18.1. The maximum Gasteiger partial charge on any atom is 0.303 e. The van der Waals surface area contributed by atoms with Gasteiger partial charge in [0.2, 0.25) is 0 Å². The monoisotopic (exact) mass is 291 g/mol. The molecular formula is C10H11BrFNO3. The molecule has 1 atom stereocenters. The number of aliphatic carboxylic acids is 1. The van der Waals surface area contributed by atoms with E-state index < -0.39 is 17.8 Å². The van der Waals surface area contributed by atoms with E-state index in [-0.39, 0.29) is 28.6 Å². The fraction of sp³-hybridized carbons (Fsp3) is 0.300. The second kappa shape index (κ2) is 5.27. The van der Waals surface area contributed by atoms with Gasteiger partial charge in [0.1, 0.15) is 11.6 Å². The number of carbonyl (C=O) groups is 1. The van der Waals surface area contributed by atoms with Crippen molar-refractivity contribution < 1.29 is 19.4 Å². The Kier molecular flexibility index (Phi) is 4.26. The molecule has 1 aromatic carbocycles. The molecule has 88 valence electrons. The Balaban J connectivity index is 2.90. The first-order valence-corrected chi connectivity index (χ1v) is 5.36. The summed E-state index contributed by atoms with van der Waals surface area (Å²) in [5.74, 6) is -1.67. The third-order valence-corrected chi connectivity index (χ3v) is 2.73. The topological polar surface area (TPSA) is 83.6 Å². The number of carboxylic acid groups (broad SMARTS) is 1. The Morgan fingerprint density at radius 3 is 2.75 bits per heavy atom. The van der Waals surface area contributed by atoms with E-state index in [1.165, 1.54) is 0 Å². The molecule has 4 N–H and O–H groups in total. The van der Waals surface area contributed by atoms with Gasteiger partial charge >= 0.3 is 5.97 Å². The van der Waals surface area contributed by atoms with Crippen molar-refractivity contribution in [3.05, 3.63) is 28.0 Å². The molecule has 0 aliphatic rings. The molecule has 1 rings (SSSR count). The molecule has 6 heteroatoms. The summed E-state index contributed by atoms with van der Waals surface area (Å²) >= 11 is 2.98. The van der Waals surface area contributed by atoms with Crippen LogP contribution < -0.4 is 5.73 Å². The van der Waals surface area contributed by atoms with Crippen molar-refractivity contribution >= 4 is 21.9 Å². The Morgan fingerprint density at radius 2 is 2.19 bits per heavy atom. The number of phenolic OH excluding ortho intramolecular Hbond substituents is 1. The molecular weight excluding hydrogens is 281 g/mol. The van der Waals surface area contributed by atoms with E-state index in [9.17, 15) is 14.3 Å². The summed E-state index contributed by atoms with van der Waals surface area (Å²) in [7, 11) is 0.